The van der Waals surface area contributed by atoms with E-state index >= 15 is 0 Å². The van der Waals surface area contributed by atoms with E-state index in [0.717, 1.165) is 24.2 Å². The van der Waals surface area contributed by atoms with Crippen LogP contribution in [0.25, 0.3) is 0 Å². The average molecular weight is 294 g/mol. The minimum absolute atomic E-state index is 0.412. The number of piperidine rings is 1. The van der Waals surface area contributed by atoms with Gasteiger partial charge in [0.05, 0.1) is 0 Å². The highest BCUT2D eigenvalue weighted by Crippen LogP contribution is 2.30. The Morgan fingerprint density at radius 3 is 2.36 bits per heavy atom. The molecule has 3 heteroatoms. The fourth-order valence-electron chi connectivity index (χ4n) is 3.24. The van der Waals surface area contributed by atoms with Crippen LogP contribution in [0.15, 0.2) is 65.8 Å². The zero-order chi connectivity index (χ0) is 15.2. The first-order valence-corrected chi connectivity index (χ1v) is 7.94. The Bertz CT molecular complexity index is 610. The highest BCUT2D eigenvalue weighted by atomic mass is 16.4. The Morgan fingerprint density at radius 1 is 1.00 bits per heavy atom. The summed E-state index contributed by atoms with van der Waals surface area (Å²) in [7, 11) is 0. The van der Waals surface area contributed by atoms with Crippen molar-refractivity contribution in [1.29, 1.82) is 0 Å². The minimum atomic E-state index is 0.412. The maximum absolute atomic E-state index is 9.43. The fourth-order valence-corrected chi connectivity index (χ4v) is 3.24. The van der Waals surface area contributed by atoms with Crippen LogP contribution in [0.5, 0.6) is 0 Å². The highest BCUT2D eigenvalue weighted by Gasteiger charge is 2.25. The molecule has 0 bridgehead atoms. The standard InChI is InChI=1S/C19H22N2O/c22-20-18(16-9-3-1-4-10-16)15-21-14-8-7-13-19(21)17-11-5-2-6-12-17/h1-6,9-12,19,22H,7-8,13-15H2/b20-18+. The Labute approximate surface area is 131 Å². The predicted octanol–water partition coefficient (Wildman–Crippen LogP) is 4.09. The lowest BCUT2D eigenvalue weighted by molar-refractivity contribution is 0.170. The second-order valence-corrected chi connectivity index (χ2v) is 5.81. The number of nitrogens with zero attached hydrogens (tertiary/aromatic N) is 2. The molecule has 1 heterocycles. The van der Waals surface area contributed by atoms with Crippen LogP contribution in [0.2, 0.25) is 0 Å². The second-order valence-electron chi connectivity index (χ2n) is 5.81. The molecule has 22 heavy (non-hydrogen) atoms. The molecule has 0 spiro atoms. The number of hydrogen-bond donors (Lipinski definition) is 1. The van der Waals surface area contributed by atoms with Crippen LogP contribution in [0, 0.1) is 0 Å². The predicted molar refractivity (Wildman–Crippen MR) is 89.4 cm³/mol. The largest absolute Gasteiger partial charge is 0.411 e. The Balaban J connectivity index is 1.79. The lowest BCUT2D eigenvalue weighted by atomic mass is 9.94. The van der Waals surface area contributed by atoms with Crippen molar-refractivity contribution in [3.63, 3.8) is 0 Å². The van der Waals surface area contributed by atoms with Crippen LogP contribution in [0.4, 0.5) is 0 Å². The van der Waals surface area contributed by atoms with Crippen LogP contribution in [-0.2, 0) is 0 Å². The van der Waals surface area contributed by atoms with Crippen molar-refractivity contribution in [1.82, 2.24) is 4.90 Å². The highest BCUT2D eigenvalue weighted by molar-refractivity contribution is 6.01. The number of rotatable bonds is 4. The van der Waals surface area contributed by atoms with E-state index in [1.54, 1.807) is 0 Å². The van der Waals surface area contributed by atoms with E-state index in [9.17, 15) is 5.21 Å². The van der Waals surface area contributed by atoms with Crippen LogP contribution in [-0.4, -0.2) is 28.9 Å². The van der Waals surface area contributed by atoms with E-state index in [4.69, 9.17) is 0 Å². The van der Waals surface area contributed by atoms with Gasteiger partial charge in [-0.1, -0.05) is 72.2 Å². The van der Waals surface area contributed by atoms with Crippen molar-refractivity contribution in [2.45, 2.75) is 25.3 Å². The summed E-state index contributed by atoms with van der Waals surface area (Å²) in [6.45, 7) is 1.73. The van der Waals surface area contributed by atoms with E-state index < -0.39 is 0 Å². The number of oxime groups is 1. The number of hydrogen-bond acceptors (Lipinski definition) is 3. The summed E-state index contributed by atoms with van der Waals surface area (Å²) in [5.74, 6) is 0. The van der Waals surface area contributed by atoms with Crippen LogP contribution in [0.3, 0.4) is 0 Å². The third-order valence-corrected chi connectivity index (χ3v) is 4.38. The lowest BCUT2D eigenvalue weighted by Crippen LogP contribution is -2.37. The molecule has 0 aromatic heterocycles. The van der Waals surface area contributed by atoms with Gasteiger partial charge in [-0.15, -0.1) is 0 Å². The van der Waals surface area contributed by atoms with Gasteiger partial charge in [0.25, 0.3) is 0 Å². The summed E-state index contributed by atoms with van der Waals surface area (Å²) in [5.41, 5.74) is 3.08. The van der Waals surface area contributed by atoms with Crippen LogP contribution >= 0.6 is 0 Å². The van der Waals surface area contributed by atoms with Gasteiger partial charge in [0.2, 0.25) is 0 Å². The Morgan fingerprint density at radius 2 is 1.68 bits per heavy atom. The second kappa shape index (κ2) is 7.23. The molecule has 1 aliphatic heterocycles. The van der Waals surface area contributed by atoms with E-state index in [1.807, 2.05) is 30.3 Å². The summed E-state index contributed by atoms with van der Waals surface area (Å²) in [6, 6.07) is 21.0. The summed E-state index contributed by atoms with van der Waals surface area (Å²) in [6.07, 6.45) is 3.63. The molecule has 0 amide bonds. The monoisotopic (exact) mass is 294 g/mol. The molecule has 1 saturated heterocycles. The van der Waals surface area contributed by atoms with Gasteiger partial charge in [-0.05, 0) is 24.9 Å². The normalized spacial score (nSPS) is 20.0. The summed E-state index contributed by atoms with van der Waals surface area (Å²) in [5, 5.41) is 13.0. The van der Waals surface area contributed by atoms with E-state index in [0.29, 0.717) is 12.6 Å². The molecule has 2 aromatic carbocycles. The van der Waals surface area contributed by atoms with Crippen molar-refractivity contribution in [3.8, 4) is 0 Å². The van der Waals surface area contributed by atoms with Gasteiger partial charge in [-0.25, -0.2) is 0 Å². The average Bonchev–Trinajstić information content (AvgIpc) is 2.61. The van der Waals surface area contributed by atoms with Crippen molar-refractivity contribution >= 4 is 5.71 Å². The van der Waals surface area contributed by atoms with E-state index in [-0.39, 0.29) is 0 Å². The molecule has 114 valence electrons. The molecule has 1 N–H and O–H groups in total. The zero-order valence-electron chi connectivity index (χ0n) is 12.7. The summed E-state index contributed by atoms with van der Waals surface area (Å²) < 4.78 is 0. The molecule has 1 unspecified atom stereocenters. The van der Waals surface area contributed by atoms with Gasteiger partial charge >= 0.3 is 0 Å². The SMILES string of the molecule is O/N=C(\CN1CCCCC1c1ccccc1)c1ccccc1. The molecule has 0 saturated carbocycles. The van der Waals surface area contributed by atoms with Crippen LogP contribution in [0.1, 0.15) is 36.4 Å². The van der Waals surface area contributed by atoms with Gasteiger partial charge in [0.15, 0.2) is 0 Å². The lowest BCUT2D eigenvalue weighted by Gasteiger charge is -2.36. The van der Waals surface area contributed by atoms with Crippen LogP contribution < -0.4 is 0 Å². The first-order valence-electron chi connectivity index (χ1n) is 7.94. The Kier molecular flexibility index (Phi) is 4.86. The van der Waals surface area contributed by atoms with Gasteiger partial charge in [0, 0.05) is 18.2 Å². The van der Waals surface area contributed by atoms with E-state index in [2.05, 4.69) is 40.4 Å². The number of benzene rings is 2. The molecular formula is C19H22N2O. The van der Waals surface area contributed by atoms with E-state index in [1.165, 1.54) is 18.4 Å². The molecule has 3 rings (SSSR count). The first kappa shape index (κ1) is 14.8. The third-order valence-electron chi connectivity index (χ3n) is 4.38. The minimum Gasteiger partial charge on any atom is -0.411 e. The maximum Gasteiger partial charge on any atom is 0.101 e. The molecule has 1 aliphatic rings. The van der Waals surface area contributed by atoms with Gasteiger partial charge in [0.1, 0.15) is 5.71 Å². The van der Waals surface area contributed by atoms with Crippen molar-refractivity contribution in [2.75, 3.05) is 13.1 Å². The summed E-state index contributed by atoms with van der Waals surface area (Å²) in [4.78, 5) is 2.43. The molecule has 0 radical (unpaired) electrons. The molecule has 0 aliphatic carbocycles. The van der Waals surface area contributed by atoms with Crippen molar-refractivity contribution < 1.29 is 5.21 Å². The topological polar surface area (TPSA) is 35.8 Å². The van der Waals surface area contributed by atoms with Crippen molar-refractivity contribution in [3.05, 3.63) is 71.8 Å². The Hall–Kier alpha value is -2.13. The van der Waals surface area contributed by atoms with Gasteiger partial charge < -0.3 is 5.21 Å². The molecule has 2 aromatic rings. The molecule has 3 nitrogen and oxygen atoms in total. The zero-order valence-corrected chi connectivity index (χ0v) is 12.7. The van der Waals surface area contributed by atoms with Gasteiger partial charge in [-0.2, -0.15) is 0 Å². The smallest absolute Gasteiger partial charge is 0.101 e. The molecule has 1 fully saturated rings. The summed E-state index contributed by atoms with van der Waals surface area (Å²) >= 11 is 0. The number of likely N-dealkylation sites (tertiary alicyclic amines) is 1. The third kappa shape index (κ3) is 3.37. The molecule has 1 atom stereocenters. The van der Waals surface area contributed by atoms with Gasteiger partial charge in [-0.3, -0.25) is 4.90 Å². The van der Waals surface area contributed by atoms with Crippen molar-refractivity contribution in [2.24, 2.45) is 5.16 Å². The fraction of sp³-hybridized carbons (Fsp3) is 0.316. The quantitative estimate of drug-likeness (QED) is 0.523. The first-order chi connectivity index (χ1) is 10.9. The maximum atomic E-state index is 9.43. The molecular weight excluding hydrogens is 272 g/mol.